The minimum absolute atomic E-state index is 0.00731. The number of amides is 1. The second-order valence-electron chi connectivity index (χ2n) is 5.69. The topological polar surface area (TPSA) is 38.8 Å². The van der Waals surface area contributed by atoms with Crippen LogP contribution in [0.1, 0.15) is 28.8 Å². The summed E-state index contributed by atoms with van der Waals surface area (Å²) in [5.41, 5.74) is 1.68. The second kappa shape index (κ2) is 6.73. The Morgan fingerprint density at radius 3 is 2.39 bits per heavy atom. The van der Waals surface area contributed by atoms with Crippen molar-refractivity contribution >= 4 is 5.91 Å². The molecule has 1 amide bonds. The lowest BCUT2D eigenvalue weighted by Gasteiger charge is -2.24. The molecule has 0 atom stereocenters. The van der Waals surface area contributed by atoms with Gasteiger partial charge in [0.15, 0.2) is 11.5 Å². The van der Waals surface area contributed by atoms with Gasteiger partial charge in [-0.1, -0.05) is 36.4 Å². The molecule has 4 heteroatoms. The van der Waals surface area contributed by atoms with Gasteiger partial charge in [0.2, 0.25) is 0 Å². The van der Waals surface area contributed by atoms with E-state index in [9.17, 15) is 4.79 Å². The number of nitrogens with zero attached hydrogens (tertiary/aromatic N) is 1. The largest absolute Gasteiger partial charge is 0.493 e. The van der Waals surface area contributed by atoms with E-state index in [1.165, 1.54) is 0 Å². The van der Waals surface area contributed by atoms with Gasteiger partial charge in [-0.3, -0.25) is 4.79 Å². The molecule has 0 bridgehead atoms. The van der Waals surface area contributed by atoms with Gasteiger partial charge in [-0.25, -0.2) is 0 Å². The normalized spacial score (nSPS) is 13.5. The molecule has 0 heterocycles. The summed E-state index contributed by atoms with van der Waals surface area (Å²) >= 11 is 0. The van der Waals surface area contributed by atoms with Crippen LogP contribution in [0, 0.1) is 0 Å². The highest BCUT2D eigenvalue weighted by Crippen LogP contribution is 2.35. The average Bonchev–Trinajstić information content (AvgIpc) is 3.44. The molecular weight excluding hydrogens is 290 g/mol. The number of hydrogen-bond acceptors (Lipinski definition) is 3. The number of hydrogen-bond donors (Lipinski definition) is 0. The molecule has 1 aliphatic carbocycles. The summed E-state index contributed by atoms with van der Waals surface area (Å²) < 4.78 is 10.7. The van der Waals surface area contributed by atoms with Crippen LogP contribution in [0.3, 0.4) is 0 Å². The maximum atomic E-state index is 13.1. The van der Waals surface area contributed by atoms with Crippen molar-refractivity contribution in [2.24, 2.45) is 0 Å². The first-order valence-electron chi connectivity index (χ1n) is 7.80. The van der Waals surface area contributed by atoms with E-state index in [-0.39, 0.29) is 5.91 Å². The van der Waals surface area contributed by atoms with E-state index in [0.29, 0.717) is 29.6 Å². The summed E-state index contributed by atoms with van der Waals surface area (Å²) in [4.78, 5) is 15.0. The Morgan fingerprint density at radius 1 is 1.04 bits per heavy atom. The molecular formula is C19H21NO3. The van der Waals surface area contributed by atoms with E-state index in [0.717, 1.165) is 18.4 Å². The van der Waals surface area contributed by atoms with Gasteiger partial charge >= 0.3 is 0 Å². The molecule has 23 heavy (non-hydrogen) atoms. The van der Waals surface area contributed by atoms with Gasteiger partial charge in [0.25, 0.3) is 5.91 Å². The van der Waals surface area contributed by atoms with E-state index >= 15 is 0 Å². The molecule has 1 saturated carbocycles. The van der Waals surface area contributed by atoms with E-state index in [1.54, 1.807) is 26.4 Å². The van der Waals surface area contributed by atoms with Crippen LogP contribution in [0.5, 0.6) is 11.5 Å². The average molecular weight is 311 g/mol. The lowest BCUT2D eigenvalue weighted by Crippen LogP contribution is -2.32. The Balaban J connectivity index is 1.90. The van der Waals surface area contributed by atoms with E-state index in [1.807, 2.05) is 41.3 Å². The highest BCUT2D eigenvalue weighted by molar-refractivity contribution is 5.98. The van der Waals surface area contributed by atoms with Crippen LogP contribution in [0.25, 0.3) is 0 Å². The minimum Gasteiger partial charge on any atom is -0.493 e. The van der Waals surface area contributed by atoms with Crippen molar-refractivity contribution < 1.29 is 14.3 Å². The van der Waals surface area contributed by atoms with Crippen LogP contribution in [0.4, 0.5) is 0 Å². The van der Waals surface area contributed by atoms with Gasteiger partial charge in [0.05, 0.1) is 19.8 Å². The van der Waals surface area contributed by atoms with Crippen LogP contribution >= 0.6 is 0 Å². The molecule has 0 saturated heterocycles. The molecule has 1 fully saturated rings. The van der Waals surface area contributed by atoms with Crippen LogP contribution in [-0.4, -0.2) is 31.1 Å². The number of para-hydroxylation sites is 1. The highest BCUT2D eigenvalue weighted by Gasteiger charge is 2.34. The second-order valence-corrected chi connectivity index (χ2v) is 5.69. The number of rotatable bonds is 6. The monoisotopic (exact) mass is 311 g/mol. The fourth-order valence-corrected chi connectivity index (χ4v) is 2.74. The van der Waals surface area contributed by atoms with Crippen LogP contribution < -0.4 is 9.47 Å². The molecule has 4 nitrogen and oxygen atoms in total. The van der Waals surface area contributed by atoms with Crippen molar-refractivity contribution in [2.75, 3.05) is 14.2 Å². The van der Waals surface area contributed by atoms with E-state index in [4.69, 9.17) is 9.47 Å². The predicted molar refractivity (Wildman–Crippen MR) is 88.9 cm³/mol. The third kappa shape index (κ3) is 3.31. The summed E-state index contributed by atoms with van der Waals surface area (Å²) in [5.74, 6) is 1.07. The third-order valence-corrected chi connectivity index (χ3v) is 4.08. The summed E-state index contributed by atoms with van der Waals surface area (Å²) in [6.07, 6.45) is 2.12. The summed E-state index contributed by atoms with van der Waals surface area (Å²) in [7, 11) is 3.14. The lowest BCUT2D eigenvalue weighted by molar-refractivity contribution is 0.0726. The van der Waals surface area contributed by atoms with Gasteiger partial charge in [-0.2, -0.15) is 0 Å². The zero-order valence-corrected chi connectivity index (χ0v) is 13.5. The Bertz CT molecular complexity index is 680. The van der Waals surface area contributed by atoms with Gasteiger partial charge in [0.1, 0.15) is 0 Å². The Kier molecular flexibility index (Phi) is 4.51. The molecule has 2 aromatic carbocycles. The van der Waals surface area contributed by atoms with Crippen molar-refractivity contribution in [1.29, 1.82) is 0 Å². The minimum atomic E-state index is -0.00731. The van der Waals surface area contributed by atoms with Gasteiger partial charge in [0, 0.05) is 12.6 Å². The number of carbonyl (C=O) groups is 1. The Hall–Kier alpha value is -2.49. The lowest BCUT2D eigenvalue weighted by atomic mass is 10.1. The fraction of sp³-hybridized carbons (Fsp3) is 0.316. The molecule has 0 N–H and O–H groups in total. The molecule has 0 unspecified atom stereocenters. The zero-order valence-electron chi connectivity index (χ0n) is 13.5. The molecule has 0 radical (unpaired) electrons. The standard InChI is InChI=1S/C19H21NO3/c1-22-17-10-6-9-16(18(17)23-2)19(21)20(15-11-12-15)13-14-7-4-3-5-8-14/h3-10,15H,11-13H2,1-2H3. The van der Waals surface area contributed by atoms with Crippen molar-refractivity contribution in [1.82, 2.24) is 4.90 Å². The van der Waals surface area contributed by atoms with E-state index < -0.39 is 0 Å². The van der Waals surface area contributed by atoms with Gasteiger partial charge in [-0.05, 0) is 30.5 Å². The van der Waals surface area contributed by atoms with Gasteiger partial charge in [-0.15, -0.1) is 0 Å². The quantitative estimate of drug-likeness (QED) is 0.819. The maximum absolute atomic E-state index is 13.1. The molecule has 120 valence electrons. The van der Waals surface area contributed by atoms with Crippen molar-refractivity contribution in [3.8, 4) is 11.5 Å². The third-order valence-electron chi connectivity index (χ3n) is 4.08. The van der Waals surface area contributed by atoms with Crippen molar-refractivity contribution in [2.45, 2.75) is 25.4 Å². The molecule has 3 rings (SSSR count). The Labute approximate surface area is 136 Å². The van der Waals surface area contributed by atoms with Crippen molar-refractivity contribution in [3.05, 3.63) is 59.7 Å². The Morgan fingerprint density at radius 2 is 1.78 bits per heavy atom. The molecule has 0 aliphatic heterocycles. The highest BCUT2D eigenvalue weighted by atomic mass is 16.5. The van der Waals surface area contributed by atoms with Crippen LogP contribution in [-0.2, 0) is 6.54 Å². The van der Waals surface area contributed by atoms with Crippen LogP contribution in [0.2, 0.25) is 0 Å². The number of ether oxygens (including phenoxy) is 2. The maximum Gasteiger partial charge on any atom is 0.258 e. The summed E-state index contributed by atoms with van der Waals surface area (Å²) in [6, 6.07) is 15.8. The number of carbonyl (C=O) groups excluding carboxylic acids is 1. The smallest absolute Gasteiger partial charge is 0.258 e. The number of benzene rings is 2. The molecule has 0 aromatic heterocycles. The molecule has 2 aromatic rings. The first kappa shape index (κ1) is 15.4. The van der Waals surface area contributed by atoms with Crippen molar-refractivity contribution in [3.63, 3.8) is 0 Å². The zero-order chi connectivity index (χ0) is 16.2. The number of methoxy groups -OCH3 is 2. The first-order valence-corrected chi connectivity index (χ1v) is 7.80. The van der Waals surface area contributed by atoms with Crippen LogP contribution in [0.15, 0.2) is 48.5 Å². The van der Waals surface area contributed by atoms with E-state index in [2.05, 4.69) is 0 Å². The van der Waals surface area contributed by atoms with Gasteiger partial charge < -0.3 is 14.4 Å². The predicted octanol–water partition coefficient (Wildman–Crippen LogP) is 3.51. The molecule has 0 spiro atoms. The first-order chi connectivity index (χ1) is 11.2. The SMILES string of the molecule is COc1cccc(C(=O)N(Cc2ccccc2)C2CC2)c1OC. The fourth-order valence-electron chi connectivity index (χ4n) is 2.74. The summed E-state index contributed by atoms with van der Waals surface area (Å²) in [6.45, 7) is 0.616. The molecule has 1 aliphatic rings. The summed E-state index contributed by atoms with van der Waals surface area (Å²) in [5, 5.41) is 0.